The van der Waals surface area contributed by atoms with E-state index in [1.807, 2.05) is 44.2 Å². The Hall–Kier alpha value is -1.37. The Kier molecular flexibility index (Phi) is 4.80. The monoisotopic (exact) mass is 271 g/mol. The highest BCUT2D eigenvalue weighted by atomic mass is 16.5. The SMILES string of the molecule is CC(C)(C#N)C(c1ccccc1)N([O])C1CCCCC1. The first-order chi connectivity index (χ1) is 9.56. The van der Waals surface area contributed by atoms with Crippen LogP contribution in [-0.2, 0) is 5.21 Å². The van der Waals surface area contributed by atoms with Crippen LogP contribution >= 0.6 is 0 Å². The summed E-state index contributed by atoms with van der Waals surface area (Å²) in [4.78, 5) is 0. The summed E-state index contributed by atoms with van der Waals surface area (Å²) in [5, 5.41) is 23.5. The number of rotatable bonds is 4. The topological polar surface area (TPSA) is 46.9 Å². The molecule has 1 fully saturated rings. The molecule has 0 aliphatic heterocycles. The Balaban J connectivity index is 2.29. The number of benzene rings is 1. The highest BCUT2D eigenvalue weighted by Crippen LogP contribution is 2.40. The van der Waals surface area contributed by atoms with Crippen molar-refractivity contribution in [3.05, 3.63) is 35.9 Å². The summed E-state index contributed by atoms with van der Waals surface area (Å²) in [5.41, 5.74) is 0.250. The molecular weight excluding hydrogens is 248 g/mol. The van der Waals surface area contributed by atoms with Crippen molar-refractivity contribution in [2.75, 3.05) is 0 Å². The van der Waals surface area contributed by atoms with Gasteiger partial charge in [-0.05, 0) is 32.3 Å². The van der Waals surface area contributed by atoms with Crippen molar-refractivity contribution >= 4 is 0 Å². The van der Waals surface area contributed by atoms with E-state index in [-0.39, 0.29) is 6.04 Å². The van der Waals surface area contributed by atoms with Crippen molar-refractivity contribution in [3.63, 3.8) is 0 Å². The van der Waals surface area contributed by atoms with Gasteiger partial charge in [0.05, 0.1) is 17.5 Å². The van der Waals surface area contributed by atoms with E-state index in [1.165, 1.54) is 11.5 Å². The van der Waals surface area contributed by atoms with Gasteiger partial charge >= 0.3 is 0 Å². The average molecular weight is 271 g/mol. The third-order valence-corrected chi connectivity index (χ3v) is 4.28. The molecule has 0 heterocycles. The first-order valence-corrected chi connectivity index (χ1v) is 7.48. The normalized spacial score (nSPS) is 18.8. The highest BCUT2D eigenvalue weighted by Gasteiger charge is 2.39. The van der Waals surface area contributed by atoms with Crippen LogP contribution in [0.4, 0.5) is 0 Å². The van der Waals surface area contributed by atoms with Gasteiger partial charge in [0.2, 0.25) is 0 Å². The van der Waals surface area contributed by atoms with Gasteiger partial charge in [-0.15, -0.1) is 10.3 Å². The molecule has 1 atom stereocenters. The molecule has 0 amide bonds. The zero-order valence-corrected chi connectivity index (χ0v) is 12.4. The summed E-state index contributed by atoms with van der Waals surface area (Å²) < 4.78 is 0. The number of hydrogen-bond acceptors (Lipinski definition) is 2. The van der Waals surface area contributed by atoms with E-state index in [9.17, 15) is 10.5 Å². The van der Waals surface area contributed by atoms with Crippen LogP contribution in [0.25, 0.3) is 0 Å². The summed E-state index contributed by atoms with van der Waals surface area (Å²) in [5.74, 6) is 0. The molecule has 1 aliphatic rings. The molecule has 1 radical (unpaired) electrons. The molecule has 1 aromatic carbocycles. The van der Waals surface area contributed by atoms with Crippen LogP contribution in [0.5, 0.6) is 0 Å². The predicted octanol–water partition coefficient (Wildman–Crippen LogP) is 4.26. The lowest BCUT2D eigenvalue weighted by atomic mass is 9.80. The fraction of sp³-hybridized carbons (Fsp3) is 0.588. The van der Waals surface area contributed by atoms with E-state index < -0.39 is 11.5 Å². The number of hydrogen-bond donors (Lipinski definition) is 0. The van der Waals surface area contributed by atoms with Crippen molar-refractivity contribution in [2.45, 2.75) is 58.0 Å². The molecule has 1 aliphatic carbocycles. The van der Waals surface area contributed by atoms with Crippen molar-refractivity contribution in [1.82, 2.24) is 5.06 Å². The van der Waals surface area contributed by atoms with E-state index in [1.54, 1.807) is 0 Å². The second-order valence-electron chi connectivity index (χ2n) is 6.30. The van der Waals surface area contributed by atoms with Crippen molar-refractivity contribution < 1.29 is 5.21 Å². The van der Waals surface area contributed by atoms with Crippen LogP contribution < -0.4 is 0 Å². The third-order valence-electron chi connectivity index (χ3n) is 4.28. The fourth-order valence-electron chi connectivity index (χ4n) is 3.12. The Morgan fingerprint density at radius 1 is 1.20 bits per heavy atom. The van der Waals surface area contributed by atoms with E-state index in [0.29, 0.717) is 0 Å². The summed E-state index contributed by atoms with van der Waals surface area (Å²) in [7, 11) is 0. The minimum Gasteiger partial charge on any atom is -0.198 e. The van der Waals surface area contributed by atoms with Crippen LogP contribution in [0.3, 0.4) is 0 Å². The number of hydroxylamine groups is 2. The number of nitriles is 1. The van der Waals surface area contributed by atoms with E-state index in [2.05, 4.69) is 6.07 Å². The van der Waals surface area contributed by atoms with Gasteiger partial charge in [0, 0.05) is 6.04 Å². The van der Waals surface area contributed by atoms with E-state index >= 15 is 0 Å². The minimum absolute atomic E-state index is 0.0570. The van der Waals surface area contributed by atoms with Gasteiger partial charge in [0.25, 0.3) is 0 Å². The summed E-state index contributed by atoms with van der Waals surface area (Å²) >= 11 is 0. The molecule has 107 valence electrons. The lowest BCUT2D eigenvalue weighted by molar-refractivity contribution is -0.238. The summed E-state index contributed by atoms with van der Waals surface area (Å²) in [6.07, 6.45) is 5.38. The maximum atomic E-state index is 12.9. The molecule has 1 saturated carbocycles. The molecule has 0 aromatic heterocycles. The Bertz CT molecular complexity index is 458. The van der Waals surface area contributed by atoms with E-state index in [4.69, 9.17) is 0 Å². The first kappa shape index (κ1) is 15.0. The minimum atomic E-state index is -0.694. The van der Waals surface area contributed by atoms with Crippen LogP contribution in [0.15, 0.2) is 30.3 Å². The maximum absolute atomic E-state index is 12.9. The molecule has 0 spiro atoms. The third kappa shape index (κ3) is 3.20. The van der Waals surface area contributed by atoms with Gasteiger partial charge in [0.1, 0.15) is 0 Å². The highest BCUT2D eigenvalue weighted by molar-refractivity contribution is 5.23. The van der Waals surface area contributed by atoms with Gasteiger partial charge in [-0.1, -0.05) is 49.6 Å². The Morgan fingerprint density at radius 3 is 2.35 bits per heavy atom. The van der Waals surface area contributed by atoms with E-state index in [0.717, 1.165) is 31.2 Å². The fourth-order valence-corrected chi connectivity index (χ4v) is 3.12. The lowest BCUT2D eigenvalue weighted by Gasteiger charge is -2.38. The van der Waals surface area contributed by atoms with Gasteiger partial charge in [-0.25, -0.2) is 0 Å². The van der Waals surface area contributed by atoms with Crippen molar-refractivity contribution in [1.29, 1.82) is 5.26 Å². The number of nitrogens with zero attached hydrogens (tertiary/aromatic N) is 2. The first-order valence-electron chi connectivity index (χ1n) is 7.48. The van der Waals surface area contributed by atoms with Gasteiger partial charge in [-0.3, -0.25) is 0 Å². The lowest BCUT2D eigenvalue weighted by Crippen LogP contribution is -2.42. The predicted molar refractivity (Wildman–Crippen MR) is 78.0 cm³/mol. The van der Waals surface area contributed by atoms with Crippen LogP contribution in [0, 0.1) is 16.7 Å². The standard InChI is InChI=1S/C17H23N2O/c1-17(2,13-18)16(14-9-5-3-6-10-14)19(20)15-11-7-4-8-12-15/h3,5-6,9-10,15-16H,4,7-8,11-12H2,1-2H3. The molecule has 2 rings (SSSR count). The Morgan fingerprint density at radius 2 is 1.80 bits per heavy atom. The quantitative estimate of drug-likeness (QED) is 0.768. The average Bonchev–Trinajstić information content (AvgIpc) is 2.49. The molecule has 3 heteroatoms. The second kappa shape index (κ2) is 6.39. The molecule has 1 unspecified atom stereocenters. The summed E-state index contributed by atoms with van der Waals surface area (Å²) in [6, 6.07) is 11.7. The van der Waals surface area contributed by atoms with Crippen molar-refractivity contribution in [3.8, 4) is 6.07 Å². The largest absolute Gasteiger partial charge is 0.198 e. The zero-order valence-electron chi connectivity index (χ0n) is 12.4. The molecular formula is C17H23N2O. The Labute approximate surface area is 121 Å². The molecule has 0 saturated heterocycles. The second-order valence-corrected chi connectivity index (χ2v) is 6.30. The van der Waals surface area contributed by atoms with Gasteiger partial charge in [0.15, 0.2) is 0 Å². The van der Waals surface area contributed by atoms with Crippen LogP contribution in [0.2, 0.25) is 0 Å². The molecule has 1 aromatic rings. The smallest absolute Gasteiger partial charge is 0.0816 e. The summed E-state index contributed by atoms with van der Waals surface area (Å²) in [6.45, 7) is 3.72. The molecule has 0 N–H and O–H groups in total. The van der Waals surface area contributed by atoms with Gasteiger partial charge < -0.3 is 0 Å². The zero-order chi connectivity index (χ0) is 14.6. The van der Waals surface area contributed by atoms with Crippen LogP contribution in [0.1, 0.15) is 57.6 Å². The molecule has 3 nitrogen and oxygen atoms in total. The van der Waals surface area contributed by atoms with Gasteiger partial charge in [-0.2, -0.15) is 5.26 Å². The van der Waals surface area contributed by atoms with Crippen LogP contribution in [-0.4, -0.2) is 11.1 Å². The maximum Gasteiger partial charge on any atom is 0.0816 e. The molecule has 20 heavy (non-hydrogen) atoms. The van der Waals surface area contributed by atoms with Crippen molar-refractivity contribution in [2.24, 2.45) is 5.41 Å². The molecule has 0 bridgehead atoms.